The molecule has 6 saturated heterocycles. The average molecular weight is 1360 g/mol. The number of allylic oxidation sites excluding steroid dienone is 2. The predicted octanol–water partition coefficient (Wildman–Crippen LogP) is -4.59. The summed E-state index contributed by atoms with van der Waals surface area (Å²) in [6.45, 7) is 13.8. The zero-order valence-electron chi connectivity index (χ0n) is 54.9. The van der Waals surface area contributed by atoms with E-state index in [1.165, 1.54) is 0 Å². The Kier molecular flexibility index (Phi) is 23.6. The van der Waals surface area contributed by atoms with Crippen LogP contribution >= 0.6 is 0 Å². The Morgan fingerprint density at radius 1 is 0.468 bits per heavy atom. The molecule has 10 aliphatic rings. The van der Waals surface area contributed by atoms with Gasteiger partial charge in [0.15, 0.2) is 31.5 Å². The molecule has 30 heteroatoms. The lowest BCUT2D eigenvalue weighted by Crippen LogP contribution is -2.68. The van der Waals surface area contributed by atoms with Gasteiger partial charge < -0.3 is 149 Å². The van der Waals surface area contributed by atoms with Gasteiger partial charge >= 0.3 is 0 Å². The Bertz CT molecular complexity index is 2500. The van der Waals surface area contributed by atoms with Gasteiger partial charge in [0.25, 0.3) is 0 Å². The predicted molar refractivity (Wildman–Crippen MR) is 318 cm³/mol. The number of fused-ring (bicyclic) bond motifs is 5. The maximum Gasteiger partial charge on any atom is 0.187 e. The first-order chi connectivity index (χ1) is 44.2. The van der Waals surface area contributed by atoms with Crippen molar-refractivity contribution in [1.82, 2.24) is 0 Å². The van der Waals surface area contributed by atoms with Crippen molar-refractivity contribution < 1.29 is 149 Å². The zero-order chi connectivity index (χ0) is 68.6. The molecule has 0 radical (unpaired) electrons. The van der Waals surface area contributed by atoms with Crippen molar-refractivity contribution in [1.29, 1.82) is 0 Å². The molecule has 30 nitrogen and oxygen atoms in total. The van der Waals surface area contributed by atoms with Crippen LogP contribution in [0.4, 0.5) is 0 Å². The number of ether oxygens (including phenoxy) is 12. The van der Waals surface area contributed by atoms with Gasteiger partial charge in [-0.15, -0.1) is 0 Å². The molecule has 10 rings (SSSR count). The number of aliphatic hydroxyl groups excluding tert-OH is 18. The quantitative estimate of drug-likeness (QED) is 0.0380. The van der Waals surface area contributed by atoms with Crippen LogP contribution in [-0.4, -0.2) is 322 Å². The molecular weight excluding hydrogens is 1250 g/mol. The summed E-state index contributed by atoms with van der Waals surface area (Å²) in [5.41, 5.74) is -1.57. The van der Waals surface area contributed by atoms with Gasteiger partial charge in [-0.3, -0.25) is 0 Å². The van der Waals surface area contributed by atoms with E-state index < -0.39 is 227 Å². The van der Waals surface area contributed by atoms with Crippen LogP contribution in [0.2, 0.25) is 0 Å². The Hall–Kier alpha value is -1.46. The molecule has 10 fully saturated rings. The highest BCUT2D eigenvalue weighted by atomic mass is 16.8. The average Bonchev–Trinajstić information content (AvgIpc) is 1.25. The first-order valence-electron chi connectivity index (χ1n) is 33.6. The molecule has 6 heterocycles. The molecule has 94 heavy (non-hydrogen) atoms. The van der Waals surface area contributed by atoms with Gasteiger partial charge in [-0.25, -0.2) is 0 Å². The van der Waals surface area contributed by atoms with Crippen LogP contribution in [0.1, 0.15) is 113 Å². The maximum absolute atomic E-state index is 13.0. The number of hydrogen-bond donors (Lipinski definition) is 18. The number of aliphatic hydroxyl groups is 18. The van der Waals surface area contributed by atoms with Crippen LogP contribution in [0.3, 0.4) is 0 Å². The van der Waals surface area contributed by atoms with Crippen molar-refractivity contribution in [2.24, 2.45) is 45.3 Å². The monoisotopic (exact) mass is 1360 g/mol. The molecule has 18 N–H and O–H groups in total. The van der Waals surface area contributed by atoms with E-state index in [1.54, 1.807) is 0 Å². The summed E-state index contributed by atoms with van der Waals surface area (Å²) in [6, 6.07) is 0. The highest BCUT2D eigenvalue weighted by Crippen LogP contribution is 2.76. The molecule has 37 atom stereocenters. The summed E-state index contributed by atoms with van der Waals surface area (Å²) < 4.78 is 72.3. The van der Waals surface area contributed by atoms with Crippen molar-refractivity contribution >= 4 is 0 Å². The van der Waals surface area contributed by atoms with Gasteiger partial charge in [-0.05, 0) is 124 Å². The molecular formula is C64H108O30. The summed E-state index contributed by atoms with van der Waals surface area (Å²) in [5, 5.41) is 196. The summed E-state index contributed by atoms with van der Waals surface area (Å²) in [5.74, 6) is -0.457. The standard InChI is InChI=1S/C64H108O30/c1-26(2)10-9-14-64(8,87-25-35-45(75)47(77)44(74)33(88-35)23-86-56-52(82)46(76)34(91-56)24-85-55-50(80)40(70)29(68)21-83-55)27-11-16-63(7)39(27)28(67)18-37-61(5)15-13-38(60(3,4)36(61)12-17-62(37,63)6)92-58-53(48(78)42(72)31(19-65)89-58)94-59-54(49(79)43(73)32(20-66)90-59)93-57-51(81)41(71)30(69)22-84-57/h10,27-59,65-82H,9,11-25H2,1-8H3. The van der Waals surface area contributed by atoms with Crippen LogP contribution < -0.4 is 0 Å². The maximum atomic E-state index is 13.0. The fraction of sp³-hybridized carbons (Fsp3) is 0.969. The van der Waals surface area contributed by atoms with Gasteiger partial charge in [0.2, 0.25) is 0 Å². The van der Waals surface area contributed by atoms with E-state index >= 15 is 0 Å². The Labute approximate surface area is 547 Å². The van der Waals surface area contributed by atoms with Gasteiger partial charge in [0.1, 0.15) is 134 Å². The minimum atomic E-state index is -1.89. The largest absolute Gasteiger partial charge is 0.394 e. The summed E-state index contributed by atoms with van der Waals surface area (Å²) >= 11 is 0. The molecule has 37 unspecified atom stereocenters. The normalized spacial score (nSPS) is 52.7. The first-order valence-corrected chi connectivity index (χ1v) is 33.6. The molecule has 4 saturated carbocycles. The second kappa shape index (κ2) is 29.5. The van der Waals surface area contributed by atoms with Gasteiger partial charge in [0.05, 0.1) is 64.1 Å². The van der Waals surface area contributed by atoms with Crippen molar-refractivity contribution in [3.8, 4) is 0 Å². The highest BCUT2D eigenvalue weighted by Gasteiger charge is 2.72. The smallest absolute Gasteiger partial charge is 0.187 e. The lowest BCUT2D eigenvalue weighted by Gasteiger charge is -2.71. The van der Waals surface area contributed by atoms with Crippen molar-refractivity contribution in [3.05, 3.63) is 11.6 Å². The lowest BCUT2D eigenvalue weighted by atomic mass is 9.35. The van der Waals surface area contributed by atoms with E-state index in [1.807, 2.05) is 20.8 Å². The van der Waals surface area contributed by atoms with E-state index in [9.17, 15) is 91.9 Å². The van der Waals surface area contributed by atoms with Crippen molar-refractivity contribution in [2.75, 3.05) is 46.2 Å². The van der Waals surface area contributed by atoms with Crippen molar-refractivity contribution in [2.45, 2.75) is 297 Å². The molecule has 0 aromatic carbocycles. The summed E-state index contributed by atoms with van der Waals surface area (Å²) in [4.78, 5) is 0. The minimum Gasteiger partial charge on any atom is -0.394 e. The van der Waals surface area contributed by atoms with E-state index in [0.717, 1.165) is 24.8 Å². The molecule has 0 aromatic heterocycles. The fourth-order valence-corrected chi connectivity index (χ4v) is 18.5. The van der Waals surface area contributed by atoms with E-state index in [-0.39, 0.29) is 47.7 Å². The molecule has 0 amide bonds. The van der Waals surface area contributed by atoms with Crippen LogP contribution in [0.25, 0.3) is 0 Å². The second-order valence-corrected chi connectivity index (χ2v) is 30.4. The molecule has 4 aliphatic carbocycles. The second-order valence-electron chi connectivity index (χ2n) is 30.4. The lowest BCUT2D eigenvalue weighted by molar-refractivity contribution is -0.395. The molecule has 0 bridgehead atoms. The number of hydrogen-bond acceptors (Lipinski definition) is 30. The van der Waals surface area contributed by atoms with Crippen LogP contribution in [0.5, 0.6) is 0 Å². The summed E-state index contributed by atoms with van der Waals surface area (Å²) in [6.07, 6.45) is -36.2. The third kappa shape index (κ3) is 13.9. The van der Waals surface area contributed by atoms with Crippen LogP contribution in [0.15, 0.2) is 11.6 Å². The van der Waals surface area contributed by atoms with E-state index in [2.05, 4.69) is 40.7 Å². The Morgan fingerprint density at radius 2 is 0.947 bits per heavy atom. The van der Waals surface area contributed by atoms with E-state index in [4.69, 9.17) is 56.8 Å². The highest BCUT2D eigenvalue weighted by molar-refractivity contribution is 5.21. The van der Waals surface area contributed by atoms with E-state index in [0.29, 0.717) is 38.5 Å². The Balaban J connectivity index is 0.820. The molecule has 0 aromatic rings. The van der Waals surface area contributed by atoms with Crippen molar-refractivity contribution in [3.63, 3.8) is 0 Å². The SMILES string of the molecule is CC(C)=CCCC(C)(OCC1OC(COC2OC(COC3OCC(O)C(O)C3O)C(O)C2O)C(O)C(O)C1O)C1CCC2(C)C1C(O)CC1C3(C)CCC(OC4OC(CO)C(O)C(O)C4OC4OC(CO)C(O)C(O)C4OC4OCC(O)C(O)C4O)C(C)(C)C3CCC12C. The third-order valence-electron chi connectivity index (χ3n) is 24.3. The first kappa shape index (κ1) is 75.2. The van der Waals surface area contributed by atoms with Crippen LogP contribution in [-0.2, 0) is 56.8 Å². The molecule has 544 valence electrons. The summed E-state index contributed by atoms with van der Waals surface area (Å²) in [7, 11) is 0. The minimum absolute atomic E-state index is 0.00865. The Morgan fingerprint density at radius 3 is 1.53 bits per heavy atom. The topological polar surface area (TPSA) is 475 Å². The molecule has 6 aliphatic heterocycles. The van der Waals surface area contributed by atoms with Crippen LogP contribution in [0, 0.1) is 45.3 Å². The van der Waals surface area contributed by atoms with Gasteiger partial charge in [0, 0.05) is 0 Å². The fourth-order valence-electron chi connectivity index (χ4n) is 18.5. The zero-order valence-corrected chi connectivity index (χ0v) is 54.9. The van der Waals surface area contributed by atoms with Gasteiger partial charge in [-0.2, -0.15) is 0 Å². The molecule has 0 spiro atoms. The third-order valence-corrected chi connectivity index (χ3v) is 24.3. The van der Waals surface area contributed by atoms with Gasteiger partial charge in [-0.1, -0.05) is 46.3 Å². The number of rotatable bonds is 21.